The Morgan fingerprint density at radius 3 is 2.47 bits per heavy atom. The highest BCUT2D eigenvalue weighted by molar-refractivity contribution is 6.08. The molecule has 244 valence electrons. The largest absolute Gasteiger partial charge is 0.454 e. The molecule has 4 aromatic rings. The van der Waals surface area contributed by atoms with E-state index < -0.39 is 12.1 Å². The Hall–Kier alpha value is -5.17. The minimum atomic E-state index is -0.716. The van der Waals surface area contributed by atoms with Crippen LogP contribution in [0.1, 0.15) is 73.6 Å². The quantitative estimate of drug-likeness (QED) is 0.182. The van der Waals surface area contributed by atoms with Crippen molar-refractivity contribution in [1.82, 2.24) is 35.5 Å². The molecule has 3 atom stereocenters. The Morgan fingerprint density at radius 1 is 0.979 bits per heavy atom. The molecule has 13 nitrogen and oxygen atoms in total. The first-order valence-corrected chi connectivity index (χ1v) is 16.0. The van der Waals surface area contributed by atoms with Crippen molar-refractivity contribution >= 4 is 23.6 Å². The van der Waals surface area contributed by atoms with Crippen LogP contribution in [0.15, 0.2) is 48.8 Å². The van der Waals surface area contributed by atoms with Gasteiger partial charge in [-0.2, -0.15) is 0 Å². The molecule has 2 saturated heterocycles. The molecule has 0 bridgehead atoms. The highest BCUT2D eigenvalue weighted by Crippen LogP contribution is 2.40. The third-order valence-corrected chi connectivity index (χ3v) is 9.12. The minimum absolute atomic E-state index is 0.127. The zero-order valence-corrected chi connectivity index (χ0v) is 26.6. The minimum Gasteiger partial charge on any atom is -0.454 e. The average Bonchev–Trinajstić information content (AvgIpc) is 3.89. The Kier molecular flexibility index (Phi) is 8.14. The van der Waals surface area contributed by atoms with E-state index >= 15 is 0 Å². The summed E-state index contributed by atoms with van der Waals surface area (Å²) in [6.07, 6.45) is 6.63. The summed E-state index contributed by atoms with van der Waals surface area (Å²) in [5.74, 6) is 1.96. The van der Waals surface area contributed by atoms with E-state index in [1.165, 1.54) is 7.11 Å². The van der Waals surface area contributed by atoms with Crippen LogP contribution in [0, 0.1) is 5.92 Å². The van der Waals surface area contributed by atoms with Gasteiger partial charge in [0.1, 0.15) is 23.4 Å². The number of alkyl carbamates (subject to hydrolysis) is 1. The van der Waals surface area contributed by atoms with Crippen molar-refractivity contribution < 1.29 is 23.9 Å². The van der Waals surface area contributed by atoms with Crippen LogP contribution in [0.4, 0.5) is 10.5 Å². The van der Waals surface area contributed by atoms with E-state index in [9.17, 15) is 14.4 Å². The number of hydrogen-bond donors (Lipinski definition) is 5. The van der Waals surface area contributed by atoms with Crippen LogP contribution < -0.4 is 20.7 Å². The summed E-state index contributed by atoms with van der Waals surface area (Å²) in [7, 11) is 1.28. The van der Waals surface area contributed by atoms with Crippen molar-refractivity contribution in [1.29, 1.82) is 0 Å². The van der Waals surface area contributed by atoms with Gasteiger partial charge < -0.3 is 40.3 Å². The van der Waals surface area contributed by atoms with Crippen LogP contribution in [-0.2, 0) is 9.53 Å². The number of anilines is 1. The molecule has 2 aromatic carbocycles. The lowest BCUT2D eigenvalue weighted by molar-refractivity contribution is -0.135. The first-order chi connectivity index (χ1) is 22.8. The van der Waals surface area contributed by atoms with Crippen molar-refractivity contribution in [2.24, 2.45) is 5.92 Å². The average molecular weight is 639 g/mol. The predicted molar refractivity (Wildman–Crippen MR) is 174 cm³/mol. The molecule has 0 radical (unpaired) electrons. The number of aromatic nitrogens is 4. The summed E-state index contributed by atoms with van der Waals surface area (Å²) < 4.78 is 11.0. The van der Waals surface area contributed by atoms with Gasteiger partial charge in [0.05, 0.1) is 54.2 Å². The lowest BCUT2D eigenvalue weighted by atomic mass is 10.0. The second-order valence-electron chi connectivity index (χ2n) is 12.5. The second-order valence-corrected chi connectivity index (χ2v) is 12.5. The molecular weight excluding hydrogens is 600 g/mol. The van der Waals surface area contributed by atoms with Gasteiger partial charge in [0, 0.05) is 17.7 Å². The fraction of sp³-hybridized carbons (Fsp3) is 0.382. The van der Waals surface area contributed by atoms with Crippen LogP contribution in [0.25, 0.3) is 22.5 Å². The highest BCUT2D eigenvalue weighted by Gasteiger charge is 2.37. The molecule has 13 heteroatoms. The van der Waals surface area contributed by atoms with Gasteiger partial charge in [0.2, 0.25) is 5.91 Å². The summed E-state index contributed by atoms with van der Waals surface area (Å²) in [5, 5.41) is 9.12. The molecule has 2 fully saturated rings. The number of benzene rings is 2. The van der Waals surface area contributed by atoms with Gasteiger partial charge in [0.25, 0.3) is 5.91 Å². The number of carbonyl (C=O) groups excluding carboxylic acids is 3. The molecule has 47 heavy (non-hydrogen) atoms. The monoisotopic (exact) mass is 638 g/mol. The van der Waals surface area contributed by atoms with Gasteiger partial charge >= 0.3 is 6.09 Å². The molecular formula is C34H38N8O5. The molecule has 7 rings (SSSR count). The number of hydrogen-bond acceptors (Lipinski definition) is 8. The molecule has 0 spiro atoms. The normalized spacial score (nSPS) is 19.4. The maximum Gasteiger partial charge on any atom is 0.407 e. The number of aromatic amines is 2. The second kappa shape index (κ2) is 12.6. The molecule has 0 saturated carbocycles. The highest BCUT2D eigenvalue weighted by atomic mass is 16.5. The summed E-state index contributed by atoms with van der Waals surface area (Å²) in [6.45, 7) is 5.32. The molecule has 5 N–H and O–H groups in total. The van der Waals surface area contributed by atoms with Gasteiger partial charge in [-0.1, -0.05) is 19.9 Å². The fourth-order valence-corrected chi connectivity index (χ4v) is 6.57. The Morgan fingerprint density at radius 2 is 1.72 bits per heavy atom. The van der Waals surface area contributed by atoms with Crippen LogP contribution in [-0.4, -0.2) is 69.0 Å². The Labute approximate surface area is 271 Å². The standard InChI is InChI=1S/C34H38N8O5/c1-18(2)29(41-34(45)46-3)33(44)42-13-5-7-26(42)31-37-17-24(39-31)19-9-11-27-21(14-19)32(43)40-22-10-8-20(15-28(22)47-27)25-16-36-30(38-25)23-6-4-12-35-23/h8-11,14-18,23,26,29,35H,4-7,12-13H2,1-3H3,(H,36,38)(H,37,39)(H,40,43)(H,41,45)/t23-,26-,29-/m0/s1. The van der Waals surface area contributed by atoms with E-state index in [0.29, 0.717) is 40.8 Å². The number of ether oxygens (including phenoxy) is 2. The number of fused-ring (bicyclic) bond motifs is 2. The molecule has 3 aliphatic rings. The lowest BCUT2D eigenvalue weighted by Crippen LogP contribution is -2.51. The molecule has 0 unspecified atom stereocenters. The Bertz CT molecular complexity index is 1820. The molecule has 5 heterocycles. The molecule has 0 aliphatic carbocycles. The Balaban J connectivity index is 1.10. The summed E-state index contributed by atoms with van der Waals surface area (Å²) >= 11 is 0. The van der Waals surface area contributed by atoms with E-state index in [0.717, 1.165) is 54.9 Å². The van der Waals surface area contributed by atoms with Crippen LogP contribution in [0.3, 0.4) is 0 Å². The van der Waals surface area contributed by atoms with E-state index in [-0.39, 0.29) is 29.8 Å². The predicted octanol–water partition coefficient (Wildman–Crippen LogP) is 5.29. The van der Waals surface area contributed by atoms with E-state index in [1.807, 2.05) is 44.3 Å². The van der Waals surface area contributed by atoms with Gasteiger partial charge in [-0.25, -0.2) is 14.8 Å². The van der Waals surface area contributed by atoms with Crippen LogP contribution in [0.2, 0.25) is 0 Å². The van der Waals surface area contributed by atoms with Gasteiger partial charge in [0.15, 0.2) is 5.75 Å². The number of amides is 3. The van der Waals surface area contributed by atoms with E-state index in [1.54, 1.807) is 23.2 Å². The fourth-order valence-electron chi connectivity index (χ4n) is 6.57. The van der Waals surface area contributed by atoms with Crippen LogP contribution in [0.5, 0.6) is 11.5 Å². The zero-order chi connectivity index (χ0) is 32.7. The van der Waals surface area contributed by atoms with Crippen LogP contribution >= 0.6 is 0 Å². The van der Waals surface area contributed by atoms with Crippen molar-refractivity contribution in [2.45, 2.75) is 57.7 Å². The third kappa shape index (κ3) is 5.94. The number of nitrogens with one attached hydrogen (secondary N) is 5. The number of H-pyrrole nitrogens is 2. The number of rotatable bonds is 7. The number of nitrogens with zero attached hydrogens (tertiary/aromatic N) is 3. The number of carbonyl (C=O) groups is 3. The summed E-state index contributed by atoms with van der Waals surface area (Å²) in [5.41, 5.74) is 4.20. The third-order valence-electron chi connectivity index (χ3n) is 9.12. The topological polar surface area (TPSA) is 166 Å². The van der Waals surface area contributed by atoms with Gasteiger partial charge in [-0.15, -0.1) is 0 Å². The van der Waals surface area contributed by atoms with Crippen molar-refractivity contribution in [2.75, 3.05) is 25.5 Å². The molecule has 2 aromatic heterocycles. The van der Waals surface area contributed by atoms with E-state index in [2.05, 4.69) is 35.9 Å². The lowest BCUT2D eigenvalue weighted by Gasteiger charge is -2.30. The number of imidazole rings is 2. The number of likely N-dealkylation sites (tertiary alicyclic amines) is 1. The maximum absolute atomic E-state index is 13.5. The van der Waals surface area contributed by atoms with Gasteiger partial charge in [-0.3, -0.25) is 9.59 Å². The summed E-state index contributed by atoms with van der Waals surface area (Å²) in [6, 6.07) is 10.4. The molecule has 3 aliphatic heterocycles. The maximum atomic E-state index is 13.5. The smallest absolute Gasteiger partial charge is 0.407 e. The van der Waals surface area contributed by atoms with Crippen molar-refractivity contribution in [3.63, 3.8) is 0 Å². The summed E-state index contributed by atoms with van der Waals surface area (Å²) in [4.78, 5) is 56.6. The van der Waals surface area contributed by atoms with Crippen molar-refractivity contribution in [3.8, 4) is 34.0 Å². The number of methoxy groups -OCH3 is 1. The zero-order valence-electron chi connectivity index (χ0n) is 26.6. The van der Waals surface area contributed by atoms with E-state index in [4.69, 9.17) is 9.47 Å². The first kappa shape index (κ1) is 30.5. The van der Waals surface area contributed by atoms with Crippen molar-refractivity contribution in [3.05, 3.63) is 66.0 Å². The first-order valence-electron chi connectivity index (χ1n) is 16.0. The molecule has 3 amide bonds. The SMILES string of the molecule is COC(=O)N[C@H](C(=O)N1CCC[C@H]1c1ncc(-c2ccc3c(c2)C(=O)Nc2ccc(-c4cnc([C@@H]5CCCN5)[nH]4)cc2O3)[nH]1)C(C)C. The van der Waals surface area contributed by atoms with Gasteiger partial charge in [-0.05, 0) is 68.5 Å².